The van der Waals surface area contributed by atoms with E-state index in [-0.39, 0.29) is 0 Å². The van der Waals surface area contributed by atoms with Crippen LogP contribution in [0.4, 0.5) is 13.2 Å². The lowest BCUT2D eigenvalue weighted by molar-refractivity contribution is -0.156. The Labute approximate surface area is 105 Å². The lowest BCUT2D eigenvalue weighted by Gasteiger charge is -1.87. The first-order valence-corrected chi connectivity index (χ1v) is 5.25. The molecule has 0 aliphatic rings. The lowest BCUT2D eigenvalue weighted by Crippen LogP contribution is -2.07. The maximum Gasteiger partial charge on any atom is 0.446 e. The summed E-state index contributed by atoms with van der Waals surface area (Å²) in [4.78, 5) is 9.72. The summed E-state index contributed by atoms with van der Waals surface area (Å²) in [5, 5.41) is 0. The Morgan fingerprint density at radius 2 is 1.41 bits per heavy atom. The number of aldehydes is 1. The predicted octanol–water partition coefficient (Wildman–Crippen LogP) is 3.32. The highest BCUT2D eigenvalue weighted by Crippen LogP contribution is 2.08. The van der Waals surface area contributed by atoms with Gasteiger partial charge in [-0.05, 0) is 19.2 Å². The zero-order chi connectivity index (χ0) is 14.3. The smallest absolute Gasteiger partial charge is 0.333 e. The van der Waals surface area contributed by atoms with Gasteiger partial charge < -0.3 is 5.73 Å². The zero-order valence-electron chi connectivity index (χ0n) is 10.0. The molecule has 0 aliphatic carbocycles. The highest BCUT2D eigenvalue weighted by Gasteiger charge is 2.24. The number of benzene rings is 1. The number of hydrogen-bond donors (Lipinski definition) is 2. The fraction of sp³-hybridized carbons (Fsp3) is 0.364. The molecule has 1 rings (SSSR count). The molecule has 1 aromatic rings. The number of thiol groups is 1. The van der Waals surface area contributed by atoms with Crippen molar-refractivity contribution in [1.82, 2.24) is 0 Å². The molecule has 0 radical (unpaired) electrons. The molecule has 2 nitrogen and oxygen atoms in total. The summed E-state index contributed by atoms with van der Waals surface area (Å²) in [6, 6.07) is 9.79. The first-order chi connectivity index (χ1) is 7.95. The molecule has 0 saturated heterocycles. The van der Waals surface area contributed by atoms with Crippen molar-refractivity contribution in [2.45, 2.75) is 24.9 Å². The van der Waals surface area contributed by atoms with E-state index in [4.69, 9.17) is 4.79 Å². The molecule has 100 valence electrons. The largest absolute Gasteiger partial charge is 0.446 e. The Hall–Kier alpha value is -1.01. The topological polar surface area (TPSA) is 43.1 Å². The SMILES string of the molecule is CC.CN.O=CC(F)(F)F.Sc1ccccc1. The van der Waals surface area contributed by atoms with Crippen molar-refractivity contribution in [3.63, 3.8) is 0 Å². The van der Waals surface area contributed by atoms with E-state index < -0.39 is 12.5 Å². The standard InChI is InChI=1S/C6H6S.C2HF3O.C2H6.CH5N/c7-6-4-2-1-3-5-6;3-2(4,5)1-6;2*1-2/h1-5,7H;1H;1-2H3;2H2,1H3. The van der Waals surface area contributed by atoms with E-state index in [9.17, 15) is 13.2 Å². The number of carbonyl (C=O) groups is 1. The van der Waals surface area contributed by atoms with Gasteiger partial charge in [-0.3, -0.25) is 4.79 Å². The van der Waals surface area contributed by atoms with Gasteiger partial charge in [0.25, 0.3) is 0 Å². The first kappa shape index (κ1) is 21.3. The summed E-state index contributed by atoms with van der Waals surface area (Å²) < 4.78 is 31.2. The van der Waals surface area contributed by atoms with E-state index in [0.29, 0.717) is 0 Å². The Balaban J connectivity index is -0.000000180. The van der Waals surface area contributed by atoms with Crippen molar-refractivity contribution in [2.75, 3.05) is 7.05 Å². The number of halogens is 3. The molecular weight excluding hydrogens is 251 g/mol. The minimum absolute atomic E-state index is 1.02. The number of nitrogens with two attached hydrogens (primary N) is 1. The Bertz CT molecular complexity index is 253. The molecular formula is C11H18F3NOS. The molecule has 2 N–H and O–H groups in total. The second kappa shape index (κ2) is 15.0. The Morgan fingerprint density at radius 1 is 1.12 bits per heavy atom. The van der Waals surface area contributed by atoms with Gasteiger partial charge in [-0.15, -0.1) is 12.6 Å². The van der Waals surface area contributed by atoms with Crippen LogP contribution >= 0.6 is 12.6 Å². The fourth-order valence-corrected chi connectivity index (χ4v) is 0.600. The summed E-state index contributed by atoms with van der Waals surface area (Å²) in [5.74, 6) is 0. The third-order valence-corrected chi connectivity index (χ3v) is 1.19. The summed E-state index contributed by atoms with van der Waals surface area (Å²) in [6.07, 6.45) is -5.70. The Morgan fingerprint density at radius 3 is 1.53 bits per heavy atom. The number of rotatable bonds is 0. The van der Waals surface area contributed by atoms with Gasteiger partial charge in [0.15, 0.2) is 0 Å². The van der Waals surface area contributed by atoms with Crippen LogP contribution in [0.3, 0.4) is 0 Å². The molecule has 0 aliphatic heterocycles. The molecule has 1 aromatic carbocycles. The molecule has 6 heteroatoms. The molecule has 17 heavy (non-hydrogen) atoms. The van der Waals surface area contributed by atoms with Crippen molar-refractivity contribution >= 4 is 18.9 Å². The molecule has 0 amide bonds. The molecule has 0 unspecified atom stereocenters. The average Bonchev–Trinajstić information content (AvgIpc) is 2.35. The van der Waals surface area contributed by atoms with Crippen LogP contribution in [0.5, 0.6) is 0 Å². The average molecular weight is 269 g/mol. The van der Waals surface area contributed by atoms with Gasteiger partial charge in [0, 0.05) is 4.90 Å². The van der Waals surface area contributed by atoms with Crippen molar-refractivity contribution < 1.29 is 18.0 Å². The van der Waals surface area contributed by atoms with Crippen LogP contribution in [0.25, 0.3) is 0 Å². The van der Waals surface area contributed by atoms with Gasteiger partial charge in [0.1, 0.15) is 0 Å². The van der Waals surface area contributed by atoms with Crippen LogP contribution in [0.1, 0.15) is 13.8 Å². The van der Waals surface area contributed by atoms with Gasteiger partial charge in [-0.25, -0.2) is 0 Å². The van der Waals surface area contributed by atoms with E-state index in [1.807, 2.05) is 44.2 Å². The molecule has 0 aromatic heterocycles. The second-order valence-electron chi connectivity index (χ2n) is 2.00. The van der Waals surface area contributed by atoms with Crippen LogP contribution in [-0.2, 0) is 4.79 Å². The van der Waals surface area contributed by atoms with Gasteiger partial charge in [-0.1, -0.05) is 32.0 Å². The molecule has 0 saturated carbocycles. The third-order valence-electron chi connectivity index (χ3n) is 0.890. The summed E-state index contributed by atoms with van der Waals surface area (Å²) in [6.45, 7) is 4.00. The van der Waals surface area contributed by atoms with Gasteiger partial charge in [0.2, 0.25) is 6.29 Å². The van der Waals surface area contributed by atoms with Gasteiger partial charge >= 0.3 is 6.18 Å². The monoisotopic (exact) mass is 269 g/mol. The summed E-state index contributed by atoms with van der Waals surface area (Å²) in [7, 11) is 1.50. The van der Waals surface area contributed by atoms with Crippen LogP contribution in [0.15, 0.2) is 35.2 Å². The lowest BCUT2D eigenvalue weighted by atomic mass is 10.4. The minimum atomic E-state index is -4.64. The van der Waals surface area contributed by atoms with Crippen molar-refractivity contribution in [1.29, 1.82) is 0 Å². The van der Waals surface area contributed by atoms with E-state index in [2.05, 4.69) is 18.4 Å². The Kier molecular flexibility index (Phi) is 18.8. The number of carbonyl (C=O) groups excluding carboxylic acids is 1. The minimum Gasteiger partial charge on any atom is -0.333 e. The highest BCUT2D eigenvalue weighted by molar-refractivity contribution is 7.80. The molecule has 0 spiro atoms. The summed E-state index contributed by atoms with van der Waals surface area (Å²) >= 11 is 4.08. The van der Waals surface area contributed by atoms with Crippen molar-refractivity contribution in [3.8, 4) is 0 Å². The quantitative estimate of drug-likeness (QED) is 0.560. The van der Waals surface area contributed by atoms with Crippen molar-refractivity contribution in [3.05, 3.63) is 30.3 Å². The second-order valence-corrected chi connectivity index (χ2v) is 2.51. The normalized spacial score (nSPS) is 8.24. The third kappa shape index (κ3) is 25.3. The fourth-order valence-electron chi connectivity index (χ4n) is 0.428. The van der Waals surface area contributed by atoms with E-state index in [1.54, 1.807) is 0 Å². The molecule has 0 atom stereocenters. The molecule has 0 fully saturated rings. The van der Waals surface area contributed by atoms with Crippen LogP contribution < -0.4 is 5.73 Å². The number of hydrogen-bond acceptors (Lipinski definition) is 3. The maximum atomic E-state index is 10.4. The van der Waals surface area contributed by atoms with E-state index >= 15 is 0 Å². The van der Waals surface area contributed by atoms with Crippen LogP contribution in [0, 0.1) is 0 Å². The maximum absolute atomic E-state index is 10.4. The van der Waals surface area contributed by atoms with E-state index in [0.717, 1.165) is 4.90 Å². The zero-order valence-corrected chi connectivity index (χ0v) is 10.9. The van der Waals surface area contributed by atoms with Gasteiger partial charge in [-0.2, -0.15) is 13.2 Å². The first-order valence-electron chi connectivity index (χ1n) is 4.80. The predicted molar refractivity (Wildman–Crippen MR) is 67.3 cm³/mol. The van der Waals surface area contributed by atoms with Crippen LogP contribution in [0.2, 0.25) is 0 Å². The van der Waals surface area contributed by atoms with Crippen molar-refractivity contribution in [2.24, 2.45) is 5.73 Å². The number of alkyl halides is 3. The molecule has 0 bridgehead atoms. The van der Waals surface area contributed by atoms with Gasteiger partial charge in [0.05, 0.1) is 0 Å². The highest BCUT2D eigenvalue weighted by atomic mass is 32.1. The molecule has 0 heterocycles. The summed E-state index contributed by atoms with van der Waals surface area (Å²) in [5.41, 5.74) is 4.50. The van der Waals surface area contributed by atoms with Crippen LogP contribution in [-0.4, -0.2) is 19.5 Å². The van der Waals surface area contributed by atoms with E-state index in [1.165, 1.54) is 7.05 Å².